The van der Waals surface area contributed by atoms with Crippen LogP contribution in [0.5, 0.6) is 11.5 Å². The van der Waals surface area contributed by atoms with Crippen LogP contribution < -0.4 is 26.4 Å². The molecule has 44 heavy (non-hydrogen) atoms. The molecule has 0 bridgehead atoms. The van der Waals surface area contributed by atoms with Crippen molar-refractivity contribution in [3.05, 3.63) is 47.5 Å². The Morgan fingerprint density at radius 2 is 1.75 bits per heavy atom. The number of nitrogens with one attached hydrogen (secondary N) is 3. The van der Waals surface area contributed by atoms with E-state index in [0.717, 1.165) is 19.3 Å². The van der Waals surface area contributed by atoms with Crippen molar-refractivity contribution in [2.24, 2.45) is 17.1 Å². The van der Waals surface area contributed by atoms with Gasteiger partial charge in [-0.3, -0.25) is 19.7 Å². The van der Waals surface area contributed by atoms with Crippen LogP contribution >= 0.6 is 0 Å². The summed E-state index contributed by atoms with van der Waals surface area (Å²) in [6.45, 7) is 5.42. The standard InChI is InChI=1S/C31H41N5O8/c1-17(2)26(32)28(40)33-18(3)27(39)34-20-7-5-19(6-8-20)15-44-30(42)35-23-12-24(38)25(43-4)11-22(23)29(41)36-16-31(9-10-31)13-21(36)14-37/h5-8,11-12,17-18,21,26,37-38H,9-10,13-16,32H2,1-4H3,(H,33,40)(H,34,39)(H,35,42)/t18-,21-,26-/m0/s1. The van der Waals surface area contributed by atoms with E-state index in [1.54, 1.807) is 36.1 Å². The lowest BCUT2D eigenvalue weighted by Gasteiger charge is -2.24. The Labute approximate surface area is 256 Å². The van der Waals surface area contributed by atoms with Crippen LogP contribution in [0.25, 0.3) is 0 Å². The number of phenols is 1. The second kappa shape index (κ2) is 13.5. The third kappa shape index (κ3) is 7.58. The summed E-state index contributed by atoms with van der Waals surface area (Å²) in [5.74, 6) is -1.50. The third-order valence-electron chi connectivity index (χ3n) is 8.19. The molecule has 0 unspecified atom stereocenters. The second-order valence-electron chi connectivity index (χ2n) is 11.9. The number of rotatable bonds is 11. The van der Waals surface area contributed by atoms with Crippen LogP contribution in [0.4, 0.5) is 16.2 Å². The van der Waals surface area contributed by atoms with Crippen LogP contribution in [-0.4, -0.2) is 77.3 Å². The molecule has 1 spiro atoms. The Morgan fingerprint density at radius 3 is 2.34 bits per heavy atom. The van der Waals surface area contributed by atoms with Crippen molar-refractivity contribution in [1.82, 2.24) is 10.2 Å². The Balaban J connectivity index is 1.35. The summed E-state index contributed by atoms with van der Waals surface area (Å²) in [7, 11) is 1.36. The van der Waals surface area contributed by atoms with E-state index < -0.39 is 35.9 Å². The number of ether oxygens (including phenoxy) is 2. The molecule has 2 aliphatic rings. The molecule has 2 aromatic rings. The molecule has 1 aliphatic heterocycles. The van der Waals surface area contributed by atoms with Crippen molar-refractivity contribution < 1.29 is 38.9 Å². The average molecular weight is 612 g/mol. The van der Waals surface area contributed by atoms with Gasteiger partial charge in [-0.1, -0.05) is 26.0 Å². The summed E-state index contributed by atoms with van der Waals surface area (Å²) in [5, 5.41) is 28.1. The van der Waals surface area contributed by atoms with Gasteiger partial charge >= 0.3 is 6.09 Å². The summed E-state index contributed by atoms with van der Waals surface area (Å²) < 4.78 is 10.5. The van der Waals surface area contributed by atoms with E-state index in [2.05, 4.69) is 16.0 Å². The van der Waals surface area contributed by atoms with E-state index in [9.17, 15) is 29.4 Å². The SMILES string of the molecule is COc1cc(C(=O)N2CC3(CC3)C[C@H]2CO)c(NC(=O)OCc2ccc(NC(=O)[C@H](C)NC(=O)[C@@H](N)C(C)C)cc2)cc1O. The van der Waals surface area contributed by atoms with Crippen LogP contribution in [0.1, 0.15) is 56.0 Å². The highest BCUT2D eigenvalue weighted by Crippen LogP contribution is 2.55. The lowest BCUT2D eigenvalue weighted by atomic mass is 10.0. The number of likely N-dealkylation sites (tertiary alicyclic amines) is 1. The summed E-state index contributed by atoms with van der Waals surface area (Å²) in [6.07, 6.45) is 1.87. The third-order valence-corrected chi connectivity index (χ3v) is 8.19. The Kier molecular flexibility index (Phi) is 10.00. The maximum Gasteiger partial charge on any atom is 0.411 e. The van der Waals surface area contributed by atoms with E-state index in [1.165, 1.54) is 19.2 Å². The van der Waals surface area contributed by atoms with Crippen LogP contribution in [0.15, 0.2) is 36.4 Å². The number of hydrogen-bond donors (Lipinski definition) is 6. The molecule has 4 rings (SSSR count). The number of phenolic OH excluding ortho intramolecular Hbond substituents is 1. The maximum atomic E-state index is 13.6. The first-order valence-corrected chi connectivity index (χ1v) is 14.6. The molecule has 2 aromatic carbocycles. The van der Waals surface area contributed by atoms with Gasteiger partial charge in [0.25, 0.3) is 5.91 Å². The van der Waals surface area contributed by atoms with Crippen molar-refractivity contribution >= 4 is 35.2 Å². The summed E-state index contributed by atoms with van der Waals surface area (Å²) >= 11 is 0. The van der Waals surface area contributed by atoms with Crippen molar-refractivity contribution in [3.8, 4) is 11.5 Å². The summed E-state index contributed by atoms with van der Waals surface area (Å²) in [5.41, 5.74) is 7.12. The van der Waals surface area contributed by atoms with E-state index >= 15 is 0 Å². The molecule has 0 aromatic heterocycles. The molecule has 238 valence electrons. The zero-order chi connectivity index (χ0) is 32.2. The molecule has 13 heteroatoms. The van der Waals surface area contributed by atoms with Gasteiger partial charge in [-0.15, -0.1) is 0 Å². The van der Waals surface area contributed by atoms with Gasteiger partial charge in [0, 0.05) is 18.3 Å². The normalized spacial score (nSPS) is 18.0. The summed E-state index contributed by atoms with van der Waals surface area (Å²) in [6, 6.07) is 7.30. The second-order valence-corrected chi connectivity index (χ2v) is 11.9. The number of nitrogens with zero attached hydrogens (tertiary/aromatic N) is 1. The number of hydrogen-bond acceptors (Lipinski definition) is 9. The molecule has 7 N–H and O–H groups in total. The molecule has 13 nitrogen and oxygen atoms in total. The first-order valence-electron chi connectivity index (χ1n) is 14.6. The number of carbonyl (C=O) groups excluding carboxylic acids is 4. The van der Waals surface area contributed by atoms with Crippen LogP contribution in [-0.2, 0) is 20.9 Å². The molecule has 1 heterocycles. The first-order chi connectivity index (χ1) is 20.9. The van der Waals surface area contributed by atoms with Crippen LogP contribution in [0.2, 0.25) is 0 Å². The fourth-order valence-electron chi connectivity index (χ4n) is 5.18. The number of anilines is 2. The monoisotopic (exact) mass is 611 g/mol. The lowest BCUT2D eigenvalue weighted by molar-refractivity contribution is -0.127. The predicted octanol–water partition coefficient (Wildman–Crippen LogP) is 2.56. The number of aliphatic hydroxyl groups excluding tert-OH is 1. The number of amides is 4. The van der Waals surface area contributed by atoms with Gasteiger partial charge in [0.15, 0.2) is 11.5 Å². The van der Waals surface area contributed by atoms with Crippen molar-refractivity contribution in [1.29, 1.82) is 0 Å². The Morgan fingerprint density at radius 1 is 1.07 bits per heavy atom. The zero-order valence-electron chi connectivity index (χ0n) is 25.4. The maximum absolute atomic E-state index is 13.6. The molecule has 4 amide bonds. The summed E-state index contributed by atoms with van der Waals surface area (Å²) in [4.78, 5) is 52.6. The van der Waals surface area contributed by atoms with Crippen molar-refractivity contribution in [2.45, 2.75) is 64.8 Å². The smallest absolute Gasteiger partial charge is 0.411 e. The van der Waals surface area contributed by atoms with Crippen molar-refractivity contribution in [3.63, 3.8) is 0 Å². The van der Waals surface area contributed by atoms with Crippen LogP contribution in [0.3, 0.4) is 0 Å². The average Bonchev–Trinajstić information content (AvgIpc) is 3.65. The highest BCUT2D eigenvalue weighted by Gasteiger charge is 2.53. The van der Waals surface area contributed by atoms with E-state index in [-0.39, 0.29) is 53.3 Å². The minimum atomic E-state index is -0.857. The molecule has 1 saturated carbocycles. The van der Waals surface area contributed by atoms with Gasteiger partial charge in [-0.2, -0.15) is 0 Å². The largest absolute Gasteiger partial charge is 0.504 e. The highest BCUT2D eigenvalue weighted by atomic mass is 16.5. The Hall–Kier alpha value is -4.36. The fraction of sp³-hybridized carbons (Fsp3) is 0.484. The van der Waals surface area contributed by atoms with E-state index in [0.29, 0.717) is 17.8 Å². The number of aromatic hydroxyl groups is 1. The zero-order valence-corrected chi connectivity index (χ0v) is 25.4. The molecular weight excluding hydrogens is 570 g/mol. The molecule has 2 fully saturated rings. The minimum absolute atomic E-state index is 0.0420. The first kappa shape index (κ1) is 32.6. The van der Waals surface area contributed by atoms with Gasteiger partial charge < -0.3 is 41.0 Å². The number of methoxy groups -OCH3 is 1. The molecular formula is C31H41N5O8. The number of aliphatic hydroxyl groups is 1. The number of carbonyl (C=O) groups is 4. The van der Waals surface area contributed by atoms with Gasteiger partial charge in [0.1, 0.15) is 12.6 Å². The van der Waals surface area contributed by atoms with Crippen LogP contribution in [0, 0.1) is 11.3 Å². The lowest BCUT2D eigenvalue weighted by Crippen LogP contribution is -2.50. The van der Waals surface area contributed by atoms with Crippen molar-refractivity contribution in [2.75, 3.05) is 30.9 Å². The topological polar surface area (TPSA) is 193 Å². The predicted molar refractivity (Wildman–Crippen MR) is 162 cm³/mol. The quantitative estimate of drug-likeness (QED) is 0.222. The number of benzene rings is 2. The fourth-order valence-corrected chi connectivity index (χ4v) is 5.18. The highest BCUT2D eigenvalue weighted by molar-refractivity contribution is 6.04. The minimum Gasteiger partial charge on any atom is -0.504 e. The van der Waals surface area contributed by atoms with E-state index in [4.69, 9.17) is 15.2 Å². The molecule has 1 saturated heterocycles. The van der Waals surface area contributed by atoms with Gasteiger partial charge in [0.05, 0.1) is 37.1 Å². The van der Waals surface area contributed by atoms with Gasteiger partial charge in [-0.05, 0) is 61.3 Å². The van der Waals surface area contributed by atoms with E-state index in [1.807, 2.05) is 13.8 Å². The molecule has 1 aliphatic carbocycles. The van der Waals surface area contributed by atoms with Gasteiger partial charge in [-0.25, -0.2) is 4.79 Å². The number of nitrogens with two attached hydrogens (primary N) is 1. The van der Waals surface area contributed by atoms with Gasteiger partial charge in [0.2, 0.25) is 11.8 Å². The molecule has 3 atom stereocenters. The molecule has 0 radical (unpaired) electrons. The Bertz CT molecular complexity index is 1390.